The molecule has 3 N–H and O–H groups in total. The second kappa shape index (κ2) is 4.53. The molecule has 2 heterocycles. The van der Waals surface area contributed by atoms with Crippen molar-refractivity contribution < 1.29 is 0 Å². The number of hydrogen-bond acceptors (Lipinski definition) is 4. The summed E-state index contributed by atoms with van der Waals surface area (Å²) in [5.41, 5.74) is 8.93. The van der Waals surface area contributed by atoms with Crippen molar-refractivity contribution in [1.82, 2.24) is 4.98 Å². The Hall–Kier alpha value is -1.55. The third-order valence-corrected chi connectivity index (χ3v) is 3.57. The number of nitrogens with one attached hydrogen (secondary N) is 1. The quantitative estimate of drug-likeness (QED) is 0.857. The molecule has 2 aromatic heterocycles. The highest BCUT2D eigenvalue weighted by molar-refractivity contribution is 7.10. The van der Waals surface area contributed by atoms with Crippen molar-refractivity contribution in [2.45, 2.75) is 20.4 Å². The Labute approximate surface area is 99.3 Å². The van der Waals surface area contributed by atoms with Crippen molar-refractivity contribution in [2.75, 3.05) is 11.1 Å². The molecule has 2 aromatic rings. The average molecular weight is 233 g/mol. The van der Waals surface area contributed by atoms with Gasteiger partial charge in [-0.3, -0.25) is 0 Å². The maximum absolute atomic E-state index is 5.82. The average Bonchev–Trinajstić information content (AvgIpc) is 2.66. The van der Waals surface area contributed by atoms with E-state index in [1.807, 2.05) is 13.0 Å². The monoisotopic (exact) mass is 233 g/mol. The van der Waals surface area contributed by atoms with Gasteiger partial charge in [-0.15, -0.1) is 11.3 Å². The molecule has 0 saturated heterocycles. The van der Waals surface area contributed by atoms with Crippen LogP contribution in [0.4, 0.5) is 11.5 Å². The number of aryl methyl sites for hydroxylation is 2. The van der Waals surface area contributed by atoms with Crippen molar-refractivity contribution >= 4 is 22.8 Å². The zero-order valence-electron chi connectivity index (χ0n) is 9.45. The molecule has 0 amide bonds. The Balaban J connectivity index is 2.05. The van der Waals surface area contributed by atoms with Gasteiger partial charge < -0.3 is 11.1 Å². The number of thiophene rings is 1. The molecule has 0 aromatic carbocycles. The first kappa shape index (κ1) is 11.0. The molecule has 0 aliphatic rings. The molecule has 0 aliphatic heterocycles. The van der Waals surface area contributed by atoms with E-state index in [2.05, 4.69) is 28.7 Å². The molecule has 0 spiro atoms. The van der Waals surface area contributed by atoms with Gasteiger partial charge in [0.15, 0.2) is 0 Å². The van der Waals surface area contributed by atoms with Crippen molar-refractivity contribution in [1.29, 1.82) is 0 Å². The number of hydrogen-bond donors (Lipinski definition) is 2. The third-order valence-electron chi connectivity index (χ3n) is 2.54. The number of anilines is 2. The first-order chi connectivity index (χ1) is 7.66. The number of aromatic nitrogens is 1. The molecule has 0 aliphatic carbocycles. The first-order valence-electron chi connectivity index (χ1n) is 5.16. The van der Waals surface area contributed by atoms with Crippen molar-refractivity contribution in [3.8, 4) is 0 Å². The molecular weight excluding hydrogens is 218 g/mol. The second-order valence-corrected chi connectivity index (χ2v) is 4.81. The molecule has 0 fully saturated rings. The molecule has 0 radical (unpaired) electrons. The molecule has 3 nitrogen and oxygen atoms in total. The fourth-order valence-electron chi connectivity index (χ4n) is 1.39. The fraction of sp³-hybridized carbons (Fsp3) is 0.250. The lowest BCUT2D eigenvalue weighted by molar-refractivity contribution is 1.12. The van der Waals surface area contributed by atoms with E-state index >= 15 is 0 Å². The molecule has 0 bridgehead atoms. The van der Waals surface area contributed by atoms with Gasteiger partial charge in [0, 0.05) is 22.8 Å². The molecule has 2 rings (SSSR count). The number of nitrogen functional groups attached to an aromatic ring is 1. The van der Waals surface area contributed by atoms with E-state index in [9.17, 15) is 0 Å². The zero-order chi connectivity index (χ0) is 11.5. The van der Waals surface area contributed by atoms with Crippen LogP contribution in [0.1, 0.15) is 16.0 Å². The molecule has 4 heteroatoms. The van der Waals surface area contributed by atoms with Gasteiger partial charge in [0.25, 0.3) is 0 Å². The summed E-state index contributed by atoms with van der Waals surface area (Å²) in [6, 6.07) is 4.00. The summed E-state index contributed by atoms with van der Waals surface area (Å²) >= 11 is 1.75. The predicted molar refractivity (Wildman–Crippen MR) is 69.8 cm³/mol. The minimum atomic E-state index is 0.778. The van der Waals surface area contributed by atoms with Crippen LogP contribution in [0.15, 0.2) is 23.7 Å². The number of nitrogens with two attached hydrogens (primary N) is 1. The van der Waals surface area contributed by atoms with E-state index in [0.29, 0.717) is 0 Å². The van der Waals surface area contributed by atoms with Gasteiger partial charge in [-0.25, -0.2) is 4.98 Å². The summed E-state index contributed by atoms with van der Waals surface area (Å²) < 4.78 is 0. The molecule has 0 atom stereocenters. The van der Waals surface area contributed by atoms with Crippen molar-refractivity contribution in [3.63, 3.8) is 0 Å². The highest BCUT2D eigenvalue weighted by Crippen LogP contribution is 2.18. The second-order valence-electron chi connectivity index (χ2n) is 3.81. The molecule has 0 saturated carbocycles. The number of pyridine rings is 1. The first-order valence-corrected chi connectivity index (χ1v) is 6.04. The Morgan fingerprint density at radius 3 is 2.81 bits per heavy atom. The Kier molecular flexibility index (Phi) is 3.10. The van der Waals surface area contributed by atoms with Crippen molar-refractivity contribution in [3.05, 3.63) is 39.7 Å². The van der Waals surface area contributed by atoms with Crippen LogP contribution in [0.25, 0.3) is 0 Å². The molecule has 0 unspecified atom stereocenters. The van der Waals surface area contributed by atoms with E-state index in [1.165, 1.54) is 10.4 Å². The van der Waals surface area contributed by atoms with Crippen LogP contribution < -0.4 is 11.1 Å². The zero-order valence-corrected chi connectivity index (χ0v) is 10.3. The summed E-state index contributed by atoms with van der Waals surface area (Å²) in [5, 5.41) is 5.38. The van der Waals surface area contributed by atoms with Gasteiger partial charge >= 0.3 is 0 Å². The van der Waals surface area contributed by atoms with Gasteiger partial charge in [0.2, 0.25) is 0 Å². The van der Waals surface area contributed by atoms with Crippen LogP contribution in [0.3, 0.4) is 0 Å². The van der Waals surface area contributed by atoms with Crippen LogP contribution >= 0.6 is 11.3 Å². The van der Waals surface area contributed by atoms with Gasteiger partial charge in [-0.05, 0) is 36.4 Å². The minimum Gasteiger partial charge on any atom is -0.398 e. The summed E-state index contributed by atoms with van der Waals surface area (Å²) in [5.74, 6) is 0.830. The van der Waals surface area contributed by atoms with Gasteiger partial charge in [0.1, 0.15) is 5.82 Å². The number of nitrogens with zero attached hydrogens (tertiary/aromatic N) is 1. The van der Waals surface area contributed by atoms with Crippen LogP contribution in [-0.4, -0.2) is 4.98 Å². The Morgan fingerprint density at radius 1 is 1.38 bits per heavy atom. The van der Waals surface area contributed by atoms with Crippen LogP contribution in [0.5, 0.6) is 0 Å². The van der Waals surface area contributed by atoms with Crippen molar-refractivity contribution in [2.24, 2.45) is 0 Å². The fourth-order valence-corrected chi connectivity index (χ4v) is 2.24. The summed E-state index contributed by atoms with van der Waals surface area (Å²) in [6.45, 7) is 4.87. The summed E-state index contributed by atoms with van der Waals surface area (Å²) in [4.78, 5) is 5.62. The van der Waals surface area contributed by atoms with Crippen LogP contribution in [0, 0.1) is 13.8 Å². The lowest BCUT2D eigenvalue weighted by atomic mass is 10.2. The Morgan fingerprint density at radius 2 is 2.19 bits per heavy atom. The van der Waals surface area contributed by atoms with Gasteiger partial charge in [0.05, 0.1) is 6.54 Å². The summed E-state index contributed by atoms with van der Waals surface area (Å²) in [7, 11) is 0. The highest BCUT2D eigenvalue weighted by Gasteiger charge is 2.01. The Bertz CT molecular complexity index is 491. The van der Waals surface area contributed by atoms with Gasteiger partial charge in [-0.2, -0.15) is 0 Å². The molecule has 16 heavy (non-hydrogen) atoms. The van der Waals surface area contributed by atoms with Crippen LogP contribution in [-0.2, 0) is 6.54 Å². The summed E-state index contributed by atoms with van der Waals surface area (Å²) in [6.07, 6.45) is 1.79. The lowest BCUT2D eigenvalue weighted by Crippen LogP contribution is -2.02. The lowest BCUT2D eigenvalue weighted by Gasteiger charge is -2.07. The van der Waals surface area contributed by atoms with E-state index in [-0.39, 0.29) is 0 Å². The molecule has 84 valence electrons. The van der Waals surface area contributed by atoms with E-state index < -0.39 is 0 Å². The minimum absolute atomic E-state index is 0.778. The largest absolute Gasteiger partial charge is 0.398 e. The topological polar surface area (TPSA) is 50.9 Å². The highest BCUT2D eigenvalue weighted by atomic mass is 32.1. The maximum atomic E-state index is 5.82. The smallest absolute Gasteiger partial charge is 0.128 e. The third kappa shape index (κ3) is 2.33. The predicted octanol–water partition coefficient (Wildman–Crippen LogP) is 2.95. The maximum Gasteiger partial charge on any atom is 0.128 e. The number of rotatable bonds is 3. The standard InChI is InChI=1S/C12H15N3S/c1-8-3-4-16-11(8)7-15-12-5-10(13)9(2)6-14-12/h3-6H,7H2,1-2H3,(H3,13,14,15). The van der Waals surface area contributed by atoms with E-state index in [4.69, 9.17) is 5.73 Å². The van der Waals surface area contributed by atoms with E-state index in [1.54, 1.807) is 17.5 Å². The molecular formula is C12H15N3S. The van der Waals surface area contributed by atoms with Gasteiger partial charge in [-0.1, -0.05) is 0 Å². The van der Waals surface area contributed by atoms with E-state index in [0.717, 1.165) is 23.6 Å². The normalized spacial score (nSPS) is 10.4. The SMILES string of the molecule is Cc1cnc(NCc2sccc2C)cc1N. The van der Waals surface area contributed by atoms with Crippen LogP contribution in [0.2, 0.25) is 0 Å².